The van der Waals surface area contributed by atoms with Gasteiger partial charge in [-0.2, -0.15) is 0 Å². The van der Waals surface area contributed by atoms with Gasteiger partial charge < -0.3 is 4.18 Å². The number of benzene rings is 1. The molecule has 0 radical (unpaired) electrons. The molecular weight excluding hydrogens is 216 g/mol. The van der Waals surface area contributed by atoms with Crippen molar-refractivity contribution in [2.45, 2.75) is 11.8 Å². The molecule has 0 saturated heterocycles. The predicted molar refractivity (Wildman–Crippen MR) is 73.2 cm³/mol. The molecule has 16 heavy (non-hydrogen) atoms. The summed E-state index contributed by atoms with van der Waals surface area (Å²) in [6.45, 7) is 9.73. The van der Waals surface area contributed by atoms with Crippen LogP contribution in [-0.2, 0) is 4.18 Å². The normalized spacial score (nSPS) is 10.6. The number of hydrogen-bond donors (Lipinski definition) is 0. The van der Waals surface area contributed by atoms with Gasteiger partial charge in [0, 0.05) is 16.9 Å². The molecule has 84 valence electrons. The molecule has 1 rings (SSSR count). The standard InChI is InChI=1S/C14H16OS/c1-5-8-13-12(11(3)6-2)9-7-10-14(13)16-15-4/h5-10H,2-3H2,1,4H3/b8-5-. The van der Waals surface area contributed by atoms with E-state index >= 15 is 0 Å². The van der Waals surface area contributed by atoms with Crippen molar-refractivity contribution in [2.24, 2.45) is 0 Å². The third kappa shape index (κ3) is 2.87. The molecule has 0 amide bonds. The minimum absolute atomic E-state index is 0.923. The Morgan fingerprint density at radius 3 is 2.75 bits per heavy atom. The lowest BCUT2D eigenvalue weighted by molar-refractivity contribution is 0.489. The third-order valence-electron chi connectivity index (χ3n) is 2.16. The van der Waals surface area contributed by atoms with Crippen LogP contribution in [0.15, 0.2) is 48.4 Å². The lowest BCUT2D eigenvalue weighted by Gasteiger charge is -2.10. The van der Waals surface area contributed by atoms with Crippen molar-refractivity contribution in [3.63, 3.8) is 0 Å². The van der Waals surface area contributed by atoms with Crippen molar-refractivity contribution < 1.29 is 4.18 Å². The van der Waals surface area contributed by atoms with E-state index in [0.29, 0.717) is 0 Å². The third-order valence-corrected chi connectivity index (χ3v) is 2.87. The van der Waals surface area contributed by atoms with Gasteiger partial charge in [0.25, 0.3) is 0 Å². The van der Waals surface area contributed by atoms with Gasteiger partial charge >= 0.3 is 0 Å². The van der Waals surface area contributed by atoms with Crippen LogP contribution in [0.25, 0.3) is 11.6 Å². The maximum Gasteiger partial charge on any atom is 0.0508 e. The van der Waals surface area contributed by atoms with Crippen molar-refractivity contribution in [2.75, 3.05) is 7.11 Å². The minimum Gasteiger partial charge on any atom is -0.314 e. The van der Waals surface area contributed by atoms with Crippen LogP contribution in [0.5, 0.6) is 0 Å². The van der Waals surface area contributed by atoms with Crippen LogP contribution in [0.4, 0.5) is 0 Å². The lowest BCUT2D eigenvalue weighted by atomic mass is 10.0. The second-order valence-electron chi connectivity index (χ2n) is 3.20. The van der Waals surface area contributed by atoms with E-state index in [0.717, 1.165) is 21.6 Å². The molecule has 2 heteroatoms. The van der Waals surface area contributed by atoms with Crippen molar-refractivity contribution in [3.8, 4) is 0 Å². The Morgan fingerprint density at radius 2 is 2.19 bits per heavy atom. The van der Waals surface area contributed by atoms with Crippen molar-refractivity contribution in [1.29, 1.82) is 0 Å². The molecule has 0 bridgehead atoms. The Kier molecular flexibility index (Phi) is 5.09. The number of hydrogen-bond acceptors (Lipinski definition) is 2. The highest BCUT2D eigenvalue weighted by Gasteiger charge is 2.07. The van der Waals surface area contributed by atoms with E-state index in [9.17, 15) is 0 Å². The number of allylic oxidation sites excluding steroid dienone is 3. The fourth-order valence-corrected chi connectivity index (χ4v) is 2.02. The first-order chi connectivity index (χ1) is 7.74. The predicted octanol–water partition coefficient (Wildman–Crippen LogP) is 4.57. The summed E-state index contributed by atoms with van der Waals surface area (Å²) in [6.07, 6.45) is 5.84. The van der Waals surface area contributed by atoms with Gasteiger partial charge in [-0.05, 0) is 29.7 Å². The van der Waals surface area contributed by atoms with E-state index in [1.165, 1.54) is 12.0 Å². The molecule has 1 aromatic rings. The Balaban J connectivity index is 3.31. The van der Waals surface area contributed by atoms with Gasteiger partial charge in [-0.15, -0.1) is 0 Å². The summed E-state index contributed by atoms with van der Waals surface area (Å²) >= 11 is 1.36. The first-order valence-electron chi connectivity index (χ1n) is 5.02. The molecule has 0 fully saturated rings. The second kappa shape index (κ2) is 6.36. The smallest absolute Gasteiger partial charge is 0.0508 e. The summed E-state index contributed by atoms with van der Waals surface area (Å²) in [6, 6.07) is 6.07. The maximum atomic E-state index is 5.11. The Bertz CT molecular complexity index is 419. The second-order valence-corrected chi connectivity index (χ2v) is 4.14. The topological polar surface area (TPSA) is 9.23 Å². The van der Waals surface area contributed by atoms with Crippen LogP contribution < -0.4 is 0 Å². The van der Waals surface area contributed by atoms with Gasteiger partial charge in [-0.1, -0.05) is 43.5 Å². The zero-order chi connectivity index (χ0) is 12.0. The molecule has 0 aliphatic carbocycles. The largest absolute Gasteiger partial charge is 0.314 e. The molecule has 0 N–H and O–H groups in total. The van der Waals surface area contributed by atoms with Crippen molar-refractivity contribution in [3.05, 3.63) is 54.6 Å². The van der Waals surface area contributed by atoms with Gasteiger partial charge in [0.05, 0.1) is 7.11 Å². The fraction of sp³-hybridized carbons (Fsp3) is 0.143. The van der Waals surface area contributed by atoms with Crippen LogP contribution in [-0.4, -0.2) is 7.11 Å². The molecule has 1 nitrogen and oxygen atoms in total. The molecule has 0 unspecified atom stereocenters. The van der Waals surface area contributed by atoms with Crippen molar-refractivity contribution >= 4 is 23.7 Å². The van der Waals surface area contributed by atoms with Gasteiger partial charge in [0.1, 0.15) is 0 Å². The first-order valence-corrected chi connectivity index (χ1v) is 5.76. The molecule has 0 saturated carbocycles. The summed E-state index contributed by atoms with van der Waals surface area (Å²) in [5.41, 5.74) is 3.14. The van der Waals surface area contributed by atoms with Crippen LogP contribution in [0, 0.1) is 0 Å². The highest BCUT2D eigenvalue weighted by atomic mass is 32.2. The zero-order valence-corrected chi connectivity index (χ0v) is 10.5. The Labute approximate surface area is 102 Å². The van der Waals surface area contributed by atoms with Crippen LogP contribution in [0.2, 0.25) is 0 Å². The molecular formula is C14H16OS. The fourth-order valence-electron chi connectivity index (χ4n) is 1.44. The molecule has 0 aliphatic rings. The quantitative estimate of drug-likeness (QED) is 0.543. The molecule has 0 spiro atoms. The van der Waals surface area contributed by atoms with Gasteiger partial charge in [0.15, 0.2) is 0 Å². The SMILES string of the molecule is C=CC(=C)c1cccc(SOC)c1/C=C\C. The monoisotopic (exact) mass is 232 g/mol. The average Bonchev–Trinajstić information content (AvgIpc) is 2.31. The van der Waals surface area contributed by atoms with E-state index in [4.69, 9.17) is 4.18 Å². The van der Waals surface area contributed by atoms with E-state index in [-0.39, 0.29) is 0 Å². The highest BCUT2D eigenvalue weighted by Crippen LogP contribution is 2.30. The molecule has 0 aromatic heterocycles. The zero-order valence-electron chi connectivity index (χ0n) is 9.69. The van der Waals surface area contributed by atoms with E-state index in [1.807, 2.05) is 31.2 Å². The summed E-state index contributed by atoms with van der Waals surface area (Å²) in [5, 5.41) is 0. The van der Waals surface area contributed by atoms with E-state index < -0.39 is 0 Å². The number of rotatable bonds is 5. The first kappa shape index (κ1) is 12.8. The van der Waals surface area contributed by atoms with Crippen molar-refractivity contribution in [1.82, 2.24) is 0 Å². The summed E-state index contributed by atoms with van der Waals surface area (Å²) in [7, 11) is 1.67. The summed E-state index contributed by atoms with van der Waals surface area (Å²) < 4.78 is 5.11. The molecule has 0 atom stereocenters. The Morgan fingerprint density at radius 1 is 1.44 bits per heavy atom. The molecule has 1 aromatic carbocycles. The highest BCUT2D eigenvalue weighted by molar-refractivity contribution is 7.94. The van der Waals surface area contributed by atoms with Crippen LogP contribution >= 0.6 is 12.0 Å². The van der Waals surface area contributed by atoms with Crippen LogP contribution in [0.3, 0.4) is 0 Å². The van der Waals surface area contributed by atoms with Crippen LogP contribution in [0.1, 0.15) is 18.1 Å². The van der Waals surface area contributed by atoms with Gasteiger partial charge in [0.2, 0.25) is 0 Å². The summed E-state index contributed by atoms with van der Waals surface area (Å²) in [5.74, 6) is 0. The van der Waals surface area contributed by atoms with Gasteiger partial charge in [-0.3, -0.25) is 0 Å². The lowest BCUT2D eigenvalue weighted by Crippen LogP contribution is -1.89. The maximum absolute atomic E-state index is 5.11. The minimum atomic E-state index is 0.923. The molecule has 0 heterocycles. The average molecular weight is 232 g/mol. The Hall–Kier alpha value is -1.25. The van der Waals surface area contributed by atoms with E-state index in [1.54, 1.807) is 13.2 Å². The molecule has 0 aliphatic heterocycles. The van der Waals surface area contributed by atoms with Gasteiger partial charge in [-0.25, -0.2) is 0 Å². The summed E-state index contributed by atoms with van der Waals surface area (Å²) in [4.78, 5) is 1.08. The van der Waals surface area contributed by atoms with E-state index in [2.05, 4.69) is 19.2 Å².